The lowest BCUT2D eigenvalue weighted by atomic mass is 9.58. The van der Waals surface area contributed by atoms with Crippen molar-refractivity contribution in [2.24, 2.45) is 11.3 Å². The zero-order chi connectivity index (χ0) is 24.1. The molecule has 1 unspecified atom stereocenters. The Morgan fingerprint density at radius 3 is 2.41 bits per heavy atom. The van der Waals surface area contributed by atoms with E-state index in [4.69, 9.17) is 0 Å². The molecule has 1 aliphatic heterocycles. The van der Waals surface area contributed by atoms with E-state index in [0.717, 1.165) is 29.1 Å². The smallest absolute Gasteiger partial charge is 0.243 e. The number of nitrogens with one attached hydrogen (secondary N) is 2. The second-order valence-electron chi connectivity index (χ2n) is 8.55. The van der Waals surface area contributed by atoms with Gasteiger partial charge in [0.05, 0.1) is 28.5 Å². The van der Waals surface area contributed by atoms with Crippen LogP contribution in [0.15, 0.2) is 69.7 Å². The third kappa shape index (κ3) is 4.89. The van der Waals surface area contributed by atoms with Gasteiger partial charge in [-0.1, -0.05) is 58.0 Å². The first-order valence-electron chi connectivity index (χ1n) is 11.1. The number of rotatable bonds is 5. The fourth-order valence-corrected chi connectivity index (χ4v) is 6.10. The van der Waals surface area contributed by atoms with Gasteiger partial charge in [0.2, 0.25) is 11.8 Å². The Morgan fingerprint density at radius 2 is 1.79 bits per heavy atom. The van der Waals surface area contributed by atoms with E-state index in [-0.39, 0.29) is 11.7 Å². The molecule has 34 heavy (non-hydrogen) atoms. The van der Waals surface area contributed by atoms with E-state index in [2.05, 4.69) is 50.8 Å². The highest BCUT2D eigenvalue weighted by atomic mass is 79.9. The van der Waals surface area contributed by atoms with E-state index in [1.165, 1.54) is 5.56 Å². The van der Waals surface area contributed by atoms with E-state index in [1.807, 2.05) is 30.3 Å². The molecule has 4 rings (SSSR count). The van der Waals surface area contributed by atoms with E-state index in [9.17, 15) is 20.1 Å². The summed E-state index contributed by atoms with van der Waals surface area (Å²) >= 11 is 4.50. The first-order valence-corrected chi connectivity index (χ1v) is 12.8. The summed E-state index contributed by atoms with van der Waals surface area (Å²) in [6.45, 7) is 0. The van der Waals surface area contributed by atoms with Crippen molar-refractivity contribution >= 4 is 45.2 Å². The first kappa shape index (κ1) is 24.1. The summed E-state index contributed by atoms with van der Waals surface area (Å²) in [6.07, 6.45) is 2.75. The van der Waals surface area contributed by atoms with Crippen LogP contribution in [-0.2, 0) is 9.59 Å². The Morgan fingerprint density at radius 1 is 1.12 bits per heavy atom. The van der Waals surface area contributed by atoms with Crippen LogP contribution in [0.4, 0.5) is 5.69 Å². The number of halogens is 1. The molecule has 172 valence electrons. The summed E-state index contributed by atoms with van der Waals surface area (Å²) in [5.74, 6) is -1.17. The molecule has 2 aromatic carbocycles. The number of hydrogen-bond donors (Lipinski definition) is 2. The van der Waals surface area contributed by atoms with Gasteiger partial charge in [0.25, 0.3) is 0 Å². The van der Waals surface area contributed by atoms with Gasteiger partial charge >= 0.3 is 0 Å². The Labute approximate surface area is 211 Å². The maximum atomic E-state index is 12.9. The van der Waals surface area contributed by atoms with Crippen LogP contribution >= 0.6 is 27.7 Å². The monoisotopic (exact) mass is 534 g/mol. The third-order valence-corrected chi connectivity index (χ3v) is 8.17. The average Bonchev–Trinajstić information content (AvgIpc) is 2.85. The lowest BCUT2D eigenvalue weighted by molar-refractivity contribution is -0.127. The van der Waals surface area contributed by atoms with E-state index in [0.29, 0.717) is 35.0 Å². The normalized spacial score (nSPS) is 24.1. The van der Waals surface area contributed by atoms with Crippen LogP contribution in [0.2, 0.25) is 0 Å². The lowest BCUT2D eigenvalue weighted by Gasteiger charge is -2.45. The largest absolute Gasteiger partial charge is 0.325 e. The molecule has 8 heteroatoms. The Balaban J connectivity index is 1.53. The van der Waals surface area contributed by atoms with E-state index >= 15 is 0 Å². The van der Waals surface area contributed by atoms with Crippen LogP contribution in [0, 0.1) is 34.0 Å². The van der Waals surface area contributed by atoms with Crippen molar-refractivity contribution in [3.63, 3.8) is 0 Å². The minimum atomic E-state index is -0.917. The van der Waals surface area contributed by atoms with Crippen molar-refractivity contribution in [3.8, 4) is 12.1 Å². The van der Waals surface area contributed by atoms with Gasteiger partial charge in [-0.05, 0) is 61.4 Å². The highest BCUT2D eigenvalue weighted by Crippen LogP contribution is 2.54. The number of carbonyl (C=O) groups is 2. The van der Waals surface area contributed by atoms with E-state index < -0.39 is 17.2 Å². The van der Waals surface area contributed by atoms with Gasteiger partial charge in [0, 0.05) is 15.6 Å². The van der Waals surface area contributed by atoms with Crippen LogP contribution in [-0.4, -0.2) is 17.6 Å². The maximum Gasteiger partial charge on any atom is 0.243 e. The van der Waals surface area contributed by atoms with Crippen LogP contribution in [0.3, 0.4) is 0 Å². The van der Waals surface area contributed by atoms with Crippen molar-refractivity contribution in [2.45, 2.75) is 31.6 Å². The van der Waals surface area contributed by atoms with Crippen LogP contribution < -0.4 is 10.6 Å². The standard InChI is InChI=1S/C26H23BrN4O2S/c27-19-6-8-20(9-7-19)30-23(32)16-34-25-22(15-29)26(21(14-28)24(33)31-25)12-10-18(11-13-26)17-4-2-1-3-5-17/h1-9,18,21H,10-13,16H2,(H,30,32)(H,31,33). The molecular formula is C26H23BrN4O2S. The molecule has 1 spiro atoms. The zero-order valence-electron chi connectivity index (χ0n) is 18.4. The molecule has 2 aliphatic rings. The van der Waals surface area contributed by atoms with Crippen molar-refractivity contribution in [3.05, 3.63) is 75.2 Å². The Kier molecular flexibility index (Phi) is 7.41. The van der Waals surface area contributed by atoms with Gasteiger partial charge in [-0.25, -0.2) is 0 Å². The maximum absolute atomic E-state index is 12.9. The van der Waals surface area contributed by atoms with Gasteiger partial charge in [0.15, 0.2) is 0 Å². The summed E-state index contributed by atoms with van der Waals surface area (Å²) in [4.78, 5) is 25.4. The van der Waals surface area contributed by atoms with Crippen molar-refractivity contribution in [1.82, 2.24) is 5.32 Å². The summed E-state index contributed by atoms with van der Waals surface area (Å²) in [6, 6.07) is 21.9. The molecule has 0 aromatic heterocycles. The van der Waals surface area contributed by atoms with E-state index in [1.54, 1.807) is 12.1 Å². The fourth-order valence-electron chi connectivity index (χ4n) is 4.92. The van der Waals surface area contributed by atoms with Crippen molar-refractivity contribution in [1.29, 1.82) is 10.5 Å². The van der Waals surface area contributed by atoms with Gasteiger partial charge in [0.1, 0.15) is 5.92 Å². The molecule has 1 atom stereocenters. The first-order chi connectivity index (χ1) is 16.5. The lowest BCUT2D eigenvalue weighted by Crippen LogP contribution is -2.49. The summed E-state index contributed by atoms with van der Waals surface area (Å²) in [5, 5.41) is 25.9. The number of hydrogen-bond acceptors (Lipinski definition) is 5. The SMILES string of the molecule is N#CC1=C(SCC(=O)Nc2ccc(Br)cc2)NC(=O)C(C#N)C12CCC(c1ccccc1)CC2. The van der Waals surface area contributed by atoms with Crippen LogP contribution in [0.1, 0.15) is 37.2 Å². The minimum Gasteiger partial charge on any atom is -0.325 e. The number of nitriles is 2. The molecule has 0 saturated heterocycles. The molecule has 2 aromatic rings. The number of anilines is 1. The van der Waals surface area contributed by atoms with Crippen molar-refractivity contribution in [2.75, 3.05) is 11.1 Å². The molecule has 1 aliphatic carbocycles. The van der Waals surface area contributed by atoms with Gasteiger partial charge < -0.3 is 10.6 Å². The van der Waals surface area contributed by atoms with Crippen LogP contribution in [0.5, 0.6) is 0 Å². The summed E-state index contributed by atoms with van der Waals surface area (Å²) in [5.41, 5.74) is 1.51. The molecular weight excluding hydrogens is 512 g/mol. The predicted molar refractivity (Wildman–Crippen MR) is 135 cm³/mol. The van der Waals surface area contributed by atoms with Gasteiger partial charge in [-0.3, -0.25) is 9.59 Å². The number of nitrogens with zero attached hydrogens (tertiary/aromatic N) is 2. The highest BCUT2D eigenvalue weighted by molar-refractivity contribution is 9.10. The quantitative estimate of drug-likeness (QED) is 0.528. The second kappa shape index (κ2) is 10.5. The molecule has 6 nitrogen and oxygen atoms in total. The Hall–Kier alpha value is -3.07. The zero-order valence-corrected chi connectivity index (χ0v) is 20.8. The molecule has 2 N–H and O–H groups in total. The van der Waals surface area contributed by atoms with Crippen molar-refractivity contribution < 1.29 is 9.59 Å². The second-order valence-corrected chi connectivity index (χ2v) is 10.5. The number of benzene rings is 2. The summed E-state index contributed by atoms with van der Waals surface area (Å²) < 4.78 is 0.910. The fraction of sp³-hybridized carbons (Fsp3) is 0.308. The number of allylic oxidation sites excluding steroid dienone is 1. The average molecular weight is 535 g/mol. The summed E-state index contributed by atoms with van der Waals surface area (Å²) in [7, 11) is 0. The number of amides is 2. The van der Waals surface area contributed by atoms with Gasteiger partial charge in [-0.2, -0.15) is 10.5 Å². The topological polar surface area (TPSA) is 106 Å². The number of carbonyl (C=O) groups excluding carboxylic acids is 2. The third-order valence-electron chi connectivity index (χ3n) is 6.64. The highest BCUT2D eigenvalue weighted by Gasteiger charge is 2.52. The molecule has 0 radical (unpaired) electrons. The van der Waals surface area contributed by atoms with Crippen LogP contribution in [0.25, 0.3) is 0 Å². The molecule has 2 amide bonds. The Bertz CT molecular complexity index is 1190. The number of thioether (sulfide) groups is 1. The molecule has 1 fully saturated rings. The minimum absolute atomic E-state index is 0.0385. The van der Waals surface area contributed by atoms with Gasteiger partial charge in [-0.15, -0.1) is 0 Å². The molecule has 1 saturated carbocycles. The molecule has 0 bridgehead atoms. The predicted octanol–water partition coefficient (Wildman–Crippen LogP) is 5.47. The molecule has 1 heterocycles.